The number of carbonyl (C=O) groups excluding carboxylic acids is 1. The van der Waals surface area contributed by atoms with Crippen molar-refractivity contribution in [2.75, 3.05) is 6.54 Å². The Hall–Kier alpha value is -2.17. The number of nitrogens with zero attached hydrogens (tertiary/aromatic N) is 1. The van der Waals surface area contributed by atoms with Crippen LogP contribution in [0, 0.1) is 17.7 Å². The SMILES string of the molecule is CCNC(=O)OC1CC2CC(c3ccnc4ccc(F)cc34)C[C@@H]2C1. The van der Waals surface area contributed by atoms with Crippen LogP contribution < -0.4 is 5.32 Å². The summed E-state index contributed by atoms with van der Waals surface area (Å²) in [6.45, 7) is 2.48. The van der Waals surface area contributed by atoms with E-state index in [2.05, 4.69) is 10.3 Å². The summed E-state index contributed by atoms with van der Waals surface area (Å²) < 4.78 is 19.2. The Morgan fingerprint density at radius 2 is 2.00 bits per heavy atom. The molecule has 2 saturated carbocycles. The van der Waals surface area contributed by atoms with E-state index in [-0.39, 0.29) is 18.0 Å². The number of rotatable bonds is 3. The van der Waals surface area contributed by atoms with Crippen molar-refractivity contribution in [2.24, 2.45) is 11.8 Å². The molecule has 4 nitrogen and oxygen atoms in total. The van der Waals surface area contributed by atoms with Crippen LogP contribution in [0.1, 0.15) is 44.1 Å². The van der Waals surface area contributed by atoms with Gasteiger partial charge in [-0.3, -0.25) is 4.98 Å². The molecule has 0 bridgehead atoms. The van der Waals surface area contributed by atoms with Gasteiger partial charge in [0.2, 0.25) is 0 Å². The van der Waals surface area contributed by atoms with Crippen LogP contribution >= 0.6 is 0 Å². The molecular weight excluding hydrogens is 319 g/mol. The average molecular weight is 342 g/mol. The van der Waals surface area contributed by atoms with Gasteiger partial charge in [0.05, 0.1) is 5.52 Å². The predicted molar refractivity (Wildman–Crippen MR) is 93.8 cm³/mol. The maximum Gasteiger partial charge on any atom is 0.407 e. The first-order chi connectivity index (χ1) is 12.1. The lowest BCUT2D eigenvalue weighted by Crippen LogP contribution is -2.27. The van der Waals surface area contributed by atoms with Gasteiger partial charge in [0.15, 0.2) is 0 Å². The van der Waals surface area contributed by atoms with Crippen LogP contribution in [0.25, 0.3) is 10.9 Å². The van der Waals surface area contributed by atoms with Crippen LogP contribution in [0.5, 0.6) is 0 Å². The summed E-state index contributed by atoms with van der Waals surface area (Å²) in [6, 6.07) is 6.86. The summed E-state index contributed by atoms with van der Waals surface area (Å²) in [5, 5.41) is 3.63. The van der Waals surface area contributed by atoms with E-state index in [9.17, 15) is 9.18 Å². The van der Waals surface area contributed by atoms with Gasteiger partial charge in [0, 0.05) is 18.1 Å². The molecule has 1 N–H and O–H groups in total. The molecule has 25 heavy (non-hydrogen) atoms. The third-order valence-corrected chi connectivity index (χ3v) is 5.74. The Morgan fingerprint density at radius 1 is 1.24 bits per heavy atom. The Kier molecular flexibility index (Phi) is 4.32. The van der Waals surface area contributed by atoms with Crippen molar-refractivity contribution in [3.05, 3.63) is 41.8 Å². The van der Waals surface area contributed by atoms with E-state index in [0.29, 0.717) is 24.3 Å². The Bertz CT molecular complexity index is 780. The van der Waals surface area contributed by atoms with E-state index < -0.39 is 0 Å². The molecule has 132 valence electrons. The molecule has 2 fully saturated rings. The molecule has 5 heteroatoms. The molecule has 0 radical (unpaired) electrons. The van der Waals surface area contributed by atoms with Crippen molar-refractivity contribution in [3.8, 4) is 0 Å². The Labute approximate surface area is 146 Å². The number of alkyl carbamates (subject to hydrolysis) is 1. The quantitative estimate of drug-likeness (QED) is 0.900. The number of aromatic nitrogens is 1. The van der Waals surface area contributed by atoms with Gasteiger partial charge in [-0.1, -0.05) is 0 Å². The van der Waals surface area contributed by atoms with E-state index in [1.165, 1.54) is 11.6 Å². The highest BCUT2D eigenvalue weighted by Crippen LogP contribution is 2.52. The number of hydrogen-bond donors (Lipinski definition) is 1. The summed E-state index contributed by atoms with van der Waals surface area (Å²) >= 11 is 0. The van der Waals surface area contributed by atoms with Crippen LogP contribution in [0.3, 0.4) is 0 Å². The molecule has 1 aromatic carbocycles. The number of halogens is 1. The number of hydrogen-bond acceptors (Lipinski definition) is 3. The second kappa shape index (κ2) is 6.62. The predicted octanol–water partition coefficient (Wildman–Crippen LogP) is 4.39. The second-order valence-electron chi connectivity index (χ2n) is 7.28. The first kappa shape index (κ1) is 16.3. The van der Waals surface area contributed by atoms with Gasteiger partial charge >= 0.3 is 6.09 Å². The zero-order valence-electron chi connectivity index (χ0n) is 14.4. The van der Waals surface area contributed by atoms with Gasteiger partial charge in [0.25, 0.3) is 0 Å². The van der Waals surface area contributed by atoms with Crippen molar-refractivity contribution in [2.45, 2.75) is 44.6 Å². The largest absolute Gasteiger partial charge is 0.446 e. The third kappa shape index (κ3) is 3.20. The monoisotopic (exact) mass is 342 g/mol. The molecular formula is C20H23FN2O2. The normalized spacial score (nSPS) is 28.1. The van der Waals surface area contributed by atoms with Gasteiger partial charge < -0.3 is 10.1 Å². The summed E-state index contributed by atoms with van der Waals surface area (Å²) in [6.07, 6.45) is 5.59. The standard InChI is InChI=1S/C20H23FN2O2/c1-2-22-20(24)25-16-9-12-7-14(8-13(12)10-16)17-5-6-23-19-4-3-15(21)11-18(17)19/h3-6,11-14,16H,2,7-10H2,1H3,(H,22,24)/t12-,13?,14?,16?/m1/s1. The van der Waals surface area contributed by atoms with Crippen molar-refractivity contribution >= 4 is 17.0 Å². The molecule has 1 heterocycles. The minimum absolute atomic E-state index is 0.0362. The van der Waals surface area contributed by atoms with Gasteiger partial charge in [-0.25, -0.2) is 9.18 Å². The van der Waals surface area contributed by atoms with Crippen LogP contribution in [-0.2, 0) is 4.74 Å². The van der Waals surface area contributed by atoms with Crippen molar-refractivity contribution < 1.29 is 13.9 Å². The van der Waals surface area contributed by atoms with Gasteiger partial charge in [-0.2, -0.15) is 0 Å². The highest BCUT2D eigenvalue weighted by molar-refractivity contribution is 5.82. The fourth-order valence-corrected chi connectivity index (χ4v) is 4.74. The molecule has 1 aromatic heterocycles. The molecule has 2 aliphatic rings. The smallest absolute Gasteiger partial charge is 0.407 e. The maximum atomic E-state index is 13.7. The van der Waals surface area contributed by atoms with Crippen molar-refractivity contribution in [1.29, 1.82) is 0 Å². The molecule has 3 unspecified atom stereocenters. The van der Waals surface area contributed by atoms with E-state index >= 15 is 0 Å². The number of nitrogens with one attached hydrogen (secondary N) is 1. The zero-order chi connectivity index (χ0) is 17.4. The van der Waals surface area contributed by atoms with E-state index in [1.54, 1.807) is 12.1 Å². The van der Waals surface area contributed by atoms with Crippen LogP contribution in [-0.4, -0.2) is 23.7 Å². The van der Waals surface area contributed by atoms with E-state index in [4.69, 9.17) is 4.74 Å². The van der Waals surface area contributed by atoms with Crippen LogP contribution in [0.2, 0.25) is 0 Å². The Morgan fingerprint density at radius 3 is 2.72 bits per heavy atom. The molecule has 0 spiro atoms. The number of fused-ring (bicyclic) bond motifs is 2. The highest BCUT2D eigenvalue weighted by Gasteiger charge is 2.43. The number of ether oxygens (including phenoxy) is 1. The van der Waals surface area contributed by atoms with Crippen LogP contribution in [0.15, 0.2) is 30.5 Å². The van der Waals surface area contributed by atoms with Crippen LogP contribution in [0.4, 0.5) is 9.18 Å². The molecule has 0 saturated heterocycles. The topological polar surface area (TPSA) is 51.2 Å². The van der Waals surface area contributed by atoms with Gasteiger partial charge in [-0.05, 0) is 80.2 Å². The second-order valence-corrected chi connectivity index (χ2v) is 7.28. The number of benzene rings is 1. The fraction of sp³-hybridized carbons (Fsp3) is 0.500. The summed E-state index contributed by atoms with van der Waals surface area (Å²) in [5.74, 6) is 1.39. The Balaban J connectivity index is 1.47. The zero-order valence-corrected chi connectivity index (χ0v) is 14.4. The summed E-state index contributed by atoms with van der Waals surface area (Å²) in [7, 11) is 0. The highest BCUT2D eigenvalue weighted by atomic mass is 19.1. The first-order valence-electron chi connectivity index (χ1n) is 9.12. The lowest BCUT2D eigenvalue weighted by atomic mass is 9.92. The minimum atomic E-state index is -0.306. The molecule has 2 aliphatic carbocycles. The molecule has 4 rings (SSSR count). The number of amides is 1. The number of carbonyl (C=O) groups is 1. The summed E-state index contributed by atoms with van der Waals surface area (Å²) in [5.41, 5.74) is 2.06. The van der Waals surface area contributed by atoms with E-state index in [0.717, 1.165) is 36.6 Å². The van der Waals surface area contributed by atoms with E-state index in [1.807, 2.05) is 19.2 Å². The average Bonchev–Trinajstić information content (AvgIpc) is 3.12. The fourth-order valence-electron chi connectivity index (χ4n) is 4.74. The first-order valence-corrected chi connectivity index (χ1v) is 9.12. The molecule has 1 amide bonds. The number of pyridine rings is 1. The molecule has 0 aliphatic heterocycles. The lowest BCUT2D eigenvalue weighted by Gasteiger charge is -2.17. The van der Waals surface area contributed by atoms with Crippen molar-refractivity contribution in [1.82, 2.24) is 10.3 Å². The molecule has 4 atom stereocenters. The third-order valence-electron chi connectivity index (χ3n) is 5.74. The lowest BCUT2D eigenvalue weighted by molar-refractivity contribution is 0.0963. The van der Waals surface area contributed by atoms with Crippen molar-refractivity contribution in [3.63, 3.8) is 0 Å². The van der Waals surface area contributed by atoms with Gasteiger partial charge in [-0.15, -0.1) is 0 Å². The maximum absolute atomic E-state index is 13.7. The minimum Gasteiger partial charge on any atom is -0.446 e. The van der Waals surface area contributed by atoms with Gasteiger partial charge in [0.1, 0.15) is 11.9 Å². The summed E-state index contributed by atoms with van der Waals surface area (Å²) in [4.78, 5) is 16.0. The molecule has 2 aromatic rings.